The number of hydrogen-bond acceptors (Lipinski definition) is 7. The molecule has 3 N–H and O–H groups in total. The van der Waals surface area contributed by atoms with Gasteiger partial charge in [0.25, 0.3) is 5.91 Å². The summed E-state index contributed by atoms with van der Waals surface area (Å²) in [5, 5.41) is 9.27. The second-order valence-corrected chi connectivity index (χ2v) is 10.2. The Labute approximate surface area is 248 Å². The van der Waals surface area contributed by atoms with Crippen molar-refractivity contribution in [3.8, 4) is 0 Å². The van der Waals surface area contributed by atoms with Gasteiger partial charge in [0.1, 0.15) is 18.3 Å². The fraction of sp³-hybridized carbons (Fsp3) is 0.226. The quantitative estimate of drug-likeness (QED) is 0.153. The highest BCUT2D eigenvalue weighted by Gasteiger charge is 2.24. The summed E-state index contributed by atoms with van der Waals surface area (Å²) in [5.74, 6) is -1.34. The summed E-state index contributed by atoms with van der Waals surface area (Å²) in [7, 11) is 1.79. The second kappa shape index (κ2) is 14.7. The van der Waals surface area contributed by atoms with Crippen LogP contribution in [0.1, 0.15) is 35.8 Å². The Morgan fingerprint density at radius 1 is 0.929 bits per heavy atom. The lowest BCUT2D eigenvalue weighted by atomic mass is 10.1. The van der Waals surface area contributed by atoms with E-state index in [9.17, 15) is 19.2 Å². The minimum atomic E-state index is -0.926. The number of carbonyl (C=O) groups excluding carboxylic acids is 4. The van der Waals surface area contributed by atoms with E-state index < -0.39 is 29.9 Å². The van der Waals surface area contributed by atoms with E-state index in [4.69, 9.17) is 8.92 Å². The first-order valence-electron chi connectivity index (χ1n) is 13.4. The van der Waals surface area contributed by atoms with Gasteiger partial charge in [0, 0.05) is 31.4 Å². The van der Waals surface area contributed by atoms with Crippen molar-refractivity contribution in [3.05, 3.63) is 96.2 Å². The number of aryl methyl sites for hydroxylation is 1. The molecular weight excluding hydrogens is 556 g/mol. The van der Waals surface area contributed by atoms with Crippen molar-refractivity contribution >= 4 is 52.5 Å². The Balaban J connectivity index is 1.41. The van der Waals surface area contributed by atoms with Crippen LogP contribution in [0.2, 0.25) is 0 Å². The van der Waals surface area contributed by atoms with Gasteiger partial charge >= 0.3 is 12.1 Å². The van der Waals surface area contributed by atoms with E-state index in [2.05, 4.69) is 16.0 Å². The molecule has 0 unspecified atom stereocenters. The monoisotopic (exact) mass is 588 g/mol. The summed E-state index contributed by atoms with van der Waals surface area (Å²) in [6.45, 7) is 1.67. The van der Waals surface area contributed by atoms with Gasteiger partial charge in [-0.05, 0) is 42.7 Å². The first-order valence-corrected chi connectivity index (χ1v) is 14.1. The fourth-order valence-electron chi connectivity index (χ4n) is 4.24. The number of hydrogen-bond donors (Lipinski definition) is 3. The van der Waals surface area contributed by atoms with Crippen LogP contribution in [-0.2, 0) is 32.2 Å². The number of alkyl carbamates (subject to hydrolysis) is 1. The number of ether oxygens (including phenoxy) is 1. The van der Waals surface area contributed by atoms with E-state index in [1.807, 2.05) is 54.6 Å². The minimum Gasteiger partial charge on any atom is -0.445 e. The molecule has 0 fully saturated rings. The van der Waals surface area contributed by atoms with Crippen LogP contribution in [0.5, 0.6) is 0 Å². The third-order valence-corrected chi connectivity index (χ3v) is 7.21. The average molecular weight is 589 g/mol. The molecule has 1 heterocycles. The van der Waals surface area contributed by atoms with E-state index in [0.717, 1.165) is 28.5 Å². The molecular formula is C31H32N4O6S. The van der Waals surface area contributed by atoms with Gasteiger partial charge in [-0.3, -0.25) is 14.4 Å². The van der Waals surface area contributed by atoms with Crippen molar-refractivity contribution < 1.29 is 28.1 Å². The van der Waals surface area contributed by atoms with E-state index in [1.54, 1.807) is 41.9 Å². The van der Waals surface area contributed by atoms with E-state index in [-0.39, 0.29) is 19.6 Å². The molecule has 11 heteroatoms. The zero-order chi connectivity index (χ0) is 29.9. The van der Waals surface area contributed by atoms with Crippen molar-refractivity contribution in [1.82, 2.24) is 15.2 Å². The zero-order valence-electron chi connectivity index (χ0n) is 23.3. The van der Waals surface area contributed by atoms with Crippen molar-refractivity contribution in [1.29, 1.82) is 0 Å². The predicted octanol–water partition coefficient (Wildman–Crippen LogP) is 5.19. The second-order valence-electron chi connectivity index (χ2n) is 9.45. The summed E-state index contributed by atoms with van der Waals surface area (Å²) >= 11 is 0.835. The average Bonchev–Trinajstić information content (AvgIpc) is 3.34. The third kappa shape index (κ3) is 8.37. The van der Waals surface area contributed by atoms with E-state index in [1.165, 1.54) is 6.92 Å². The molecule has 1 aromatic heterocycles. The van der Waals surface area contributed by atoms with Crippen LogP contribution in [0.3, 0.4) is 0 Å². The molecule has 42 heavy (non-hydrogen) atoms. The van der Waals surface area contributed by atoms with Gasteiger partial charge in [-0.2, -0.15) is 0 Å². The summed E-state index contributed by atoms with van der Waals surface area (Å²) in [4.78, 5) is 50.8. The summed E-state index contributed by atoms with van der Waals surface area (Å²) in [6.07, 6.45) is 0.0492. The molecule has 3 amide bonds. The highest BCUT2D eigenvalue weighted by Crippen LogP contribution is 2.28. The maximum Gasteiger partial charge on any atom is 0.407 e. The number of anilines is 1. The zero-order valence-corrected chi connectivity index (χ0v) is 24.1. The number of rotatable bonds is 12. The van der Waals surface area contributed by atoms with Gasteiger partial charge in [-0.15, -0.1) is 0 Å². The number of nitrogens with zero attached hydrogens (tertiary/aromatic N) is 1. The van der Waals surface area contributed by atoms with Crippen LogP contribution in [-0.4, -0.2) is 41.0 Å². The van der Waals surface area contributed by atoms with Crippen LogP contribution in [0, 0.1) is 0 Å². The normalized spacial score (nSPS) is 11.4. The standard InChI is InChI=1S/C31H32N4O6S/c1-21(36)41-42-28-17-9-7-14-24(28)33-29(37)25(15-10-18-32-31(39)40-20-22-11-4-3-5-12-22)34-30(38)27-19-23-13-6-8-16-26(23)35(27)2/h3-9,11-14,16-17,19,25H,10,15,18,20H2,1-2H3,(H,32,39)(H,33,37)(H,34,38)/t25-/m0/s1. The van der Waals surface area contributed by atoms with Gasteiger partial charge in [0.05, 0.1) is 22.6 Å². The van der Waals surface area contributed by atoms with Gasteiger partial charge in [0.15, 0.2) is 0 Å². The summed E-state index contributed by atoms with van der Waals surface area (Å²) in [5.41, 5.74) is 2.59. The first kappa shape index (κ1) is 30.2. The molecule has 0 saturated heterocycles. The Morgan fingerprint density at radius 3 is 2.40 bits per heavy atom. The molecule has 0 radical (unpaired) electrons. The number of amides is 3. The van der Waals surface area contributed by atoms with E-state index in [0.29, 0.717) is 22.7 Å². The maximum atomic E-state index is 13.5. The lowest BCUT2D eigenvalue weighted by Crippen LogP contribution is -2.44. The van der Waals surface area contributed by atoms with Crippen LogP contribution in [0.25, 0.3) is 10.9 Å². The van der Waals surface area contributed by atoms with Crippen LogP contribution >= 0.6 is 12.0 Å². The largest absolute Gasteiger partial charge is 0.445 e. The summed E-state index contributed by atoms with van der Waals surface area (Å²) < 4.78 is 12.0. The molecule has 0 aliphatic rings. The topological polar surface area (TPSA) is 128 Å². The molecule has 0 aliphatic heterocycles. The lowest BCUT2D eigenvalue weighted by molar-refractivity contribution is -0.130. The number of nitrogens with one attached hydrogen (secondary N) is 3. The SMILES string of the molecule is CC(=O)OSc1ccccc1NC(=O)[C@H](CCCNC(=O)OCc1ccccc1)NC(=O)c1cc2ccccc2n1C. The molecule has 4 aromatic rings. The highest BCUT2D eigenvalue weighted by molar-refractivity contribution is 7.95. The summed E-state index contributed by atoms with van der Waals surface area (Å²) in [6, 6.07) is 24.7. The van der Waals surface area contributed by atoms with Crippen LogP contribution in [0.4, 0.5) is 10.5 Å². The van der Waals surface area contributed by atoms with Crippen molar-refractivity contribution in [2.75, 3.05) is 11.9 Å². The maximum absolute atomic E-state index is 13.5. The van der Waals surface area contributed by atoms with Gasteiger partial charge in [0.2, 0.25) is 5.91 Å². The lowest BCUT2D eigenvalue weighted by Gasteiger charge is -2.20. The Kier molecular flexibility index (Phi) is 10.6. The fourth-order valence-corrected chi connectivity index (χ4v) is 4.79. The van der Waals surface area contributed by atoms with Crippen molar-refractivity contribution in [2.45, 2.75) is 37.3 Å². The molecule has 3 aromatic carbocycles. The number of para-hydroxylation sites is 2. The molecule has 1 atom stereocenters. The van der Waals surface area contributed by atoms with Crippen molar-refractivity contribution in [3.63, 3.8) is 0 Å². The molecule has 4 rings (SSSR count). The minimum absolute atomic E-state index is 0.142. The van der Waals surface area contributed by atoms with Gasteiger partial charge in [-0.1, -0.05) is 60.7 Å². The van der Waals surface area contributed by atoms with Crippen LogP contribution < -0.4 is 16.0 Å². The van der Waals surface area contributed by atoms with Crippen molar-refractivity contribution in [2.24, 2.45) is 7.05 Å². The van der Waals surface area contributed by atoms with E-state index >= 15 is 0 Å². The number of benzene rings is 3. The molecule has 0 bridgehead atoms. The molecule has 0 spiro atoms. The Bertz CT molecular complexity index is 1560. The Morgan fingerprint density at radius 2 is 1.64 bits per heavy atom. The predicted molar refractivity (Wildman–Crippen MR) is 161 cm³/mol. The third-order valence-electron chi connectivity index (χ3n) is 6.35. The molecule has 218 valence electrons. The number of carbonyl (C=O) groups is 4. The van der Waals surface area contributed by atoms with Gasteiger partial charge < -0.3 is 29.4 Å². The van der Waals surface area contributed by atoms with Gasteiger partial charge in [-0.25, -0.2) is 4.79 Å². The highest BCUT2D eigenvalue weighted by atomic mass is 32.2. The Hall–Kier alpha value is -4.77. The van der Waals surface area contributed by atoms with Crippen LogP contribution in [0.15, 0.2) is 89.8 Å². The number of aromatic nitrogens is 1. The number of fused-ring (bicyclic) bond motifs is 1. The molecule has 0 saturated carbocycles. The molecule has 0 aliphatic carbocycles. The first-order chi connectivity index (χ1) is 20.3. The smallest absolute Gasteiger partial charge is 0.407 e. The molecule has 10 nitrogen and oxygen atoms in total.